The molecule has 0 amide bonds. The van der Waals surface area contributed by atoms with Gasteiger partial charge in [-0.1, -0.05) is 23.2 Å². The first-order valence-electron chi connectivity index (χ1n) is 5.67. The molecule has 0 atom stereocenters. The normalized spacial score (nSPS) is 11.1. The Morgan fingerprint density at radius 1 is 1.11 bits per heavy atom. The Morgan fingerprint density at radius 2 is 1.89 bits per heavy atom. The van der Waals surface area contributed by atoms with Crippen LogP contribution in [0.25, 0.3) is 22.4 Å². The van der Waals surface area contributed by atoms with Crippen LogP contribution in [-0.2, 0) is 7.05 Å². The Kier molecular flexibility index (Phi) is 2.88. The molecule has 0 bridgehead atoms. The van der Waals surface area contributed by atoms with Crippen LogP contribution in [0, 0.1) is 0 Å². The van der Waals surface area contributed by atoms with Crippen LogP contribution >= 0.6 is 23.2 Å². The van der Waals surface area contributed by atoms with Gasteiger partial charge in [0.25, 0.3) is 0 Å². The Labute approximate surface area is 120 Å². The van der Waals surface area contributed by atoms with E-state index in [-0.39, 0.29) is 5.75 Å². The summed E-state index contributed by atoms with van der Waals surface area (Å²) in [6.07, 6.45) is 0. The van der Waals surface area contributed by atoms with Crippen LogP contribution in [0.4, 0.5) is 0 Å². The smallest absolute Gasteiger partial charge is 0.140 e. The number of aromatic hydroxyl groups is 1. The minimum Gasteiger partial charge on any atom is -0.506 e. The predicted octanol–water partition coefficient (Wildman–Crippen LogP) is 4.25. The van der Waals surface area contributed by atoms with Crippen LogP contribution in [0.1, 0.15) is 0 Å². The van der Waals surface area contributed by atoms with E-state index in [4.69, 9.17) is 23.2 Å². The summed E-state index contributed by atoms with van der Waals surface area (Å²) < 4.78 is 1.95. The van der Waals surface area contributed by atoms with Gasteiger partial charge in [-0.15, -0.1) is 0 Å². The topological polar surface area (TPSA) is 38.0 Å². The molecule has 0 aliphatic rings. The Bertz CT molecular complexity index is 780. The fraction of sp³-hybridized carbons (Fsp3) is 0.0714. The molecule has 0 saturated carbocycles. The number of fused-ring (bicyclic) bond motifs is 1. The summed E-state index contributed by atoms with van der Waals surface area (Å²) in [5, 5.41) is 10.4. The van der Waals surface area contributed by atoms with Gasteiger partial charge >= 0.3 is 0 Å². The number of aryl methyl sites for hydroxylation is 1. The molecule has 1 aromatic heterocycles. The molecule has 19 heavy (non-hydrogen) atoms. The highest BCUT2D eigenvalue weighted by atomic mass is 35.5. The maximum absolute atomic E-state index is 9.46. The van der Waals surface area contributed by atoms with Gasteiger partial charge in [-0.2, -0.15) is 0 Å². The molecule has 0 aliphatic carbocycles. The van der Waals surface area contributed by atoms with E-state index >= 15 is 0 Å². The molecule has 0 unspecified atom stereocenters. The molecular formula is C14H10Cl2N2O. The molecule has 0 radical (unpaired) electrons. The van der Waals surface area contributed by atoms with Crippen molar-refractivity contribution in [3.8, 4) is 17.1 Å². The molecule has 0 aliphatic heterocycles. The fourth-order valence-corrected chi connectivity index (χ4v) is 2.41. The third-order valence-corrected chi connectivity index (χ3v) is 3.59. The molecule has 3 rings (SSSR count). The minimum absolute atomic E-state index is 0.0622. The molecule has 96 valence electrons. The van der Waals surface area contributed by atoms with Gasteiger partial charge in [0, 0.05) is 17.6 Å². The monoisotopic (exact) mass is 292 g/mol. The van der Waals surface area contributed by atoms with Crippen molar-refractivity contribution in [1.82, 2.24) is 9.55 Å². The van der Waals surface area contributed by atoms with Crippen LogP contribution in [0.15, 0.2) is 36.4 Å². The number of halogens is 2. The van der Waals surface area contributed by atoms with Crippen molar-refractivity contribution in [1.29, 1.82) is 0 Å². The summed E-state index contributed by atoms with van der Waals surface area (Å²) in [5.74, 6) is 0.839. The number of phenols is 1. The lowest BCUT2D eigenvalue weighted by molar-refractivity contribution is 0.475. The van der Waals surface area contributed by atoms with Gasteiger partial charge < -0.3 is 9.67 Å². The van der Waals surface area contributed by atoms with Crippen molar-refractivity contribution in [2.45, 2.75) is 0 Å². The number of phenolic OH excluding ortho intramolecular Hbond substituents is 1. The average Bonchev–Trinajstić information content (AvgIpc) is 2.70. The van der Waals surface area contributed by atoms with E-state index in [2.05, 4.69) is 4.98 Å². The van der Waals surface area contributed by atoms with E-state index < -0.39 is 0 Å². The Morgan fingerprint density at radius 3 is 2.63 bits per heavy atom. The van der Waals surface area contributed by atoms with E-state index in [1.807, 2.05) is 29.8 Å². The third kappa shape index (κ3) is 2.05. The van der Waals surface area contributed by atoms with Gasteiger partial charge in [0.2, 0.25) is 0 Å². The Balaban J connectivity index is 2.24. The second-order valence-electron chi connectivity index (χ2n) is 4.29. The summed E-state index contributed by atoms with van der Waals surface area (Å²) in [5.41, 5.74) is 2.66. The van der Waals surface area contributed by atoms with Gasteiger partial charge in [0.15, 0.2) is 0 Å². The first-order chi connectivity index (χ1) is 9.06. The average molecular weight is 293 g/mol. The highest BCUT2D eigenvalue weighted by molar-refractivity contribution is 6.32. The standard InChI is InChI=1S/C14H10Cl2N2O/c1-18-12-7-9(15)3-4-11(12)17-14(18)8-2-5-13(19)10(16)6-8/h2-7,19H,1H3. The summed E-state index contributed by atoms with van der Waals surface area (Å²) in [4.78, 5) is 4.56. The number of imidazole rings is 1. The zero-order valence-corrected chi connectivity index (χ0v) is 11.6. The highest BCUT2D eigenvalue weighted by Crippen LogP contribution is 2.31. The number of aromatic nitrogens is 2. The van der Waals surface area contributed by atoms with Crippen molar-refractivity contribution in [2.24, 2.45) is 7.05 Å². The molecule has 3 aromatic rings. The summed E-state index contributed by atoms with van der Waals surface area (Å²) in [6.45, 7) is 0. The first-order valence-corrected chi connectivity index (χ1v) is 6.43. The summed E-state index contributed by atoms with van der Waals surface area (Å²) in [7, 11) is 1.92. The van der Waals surface area contributed by atoms with Gasteiger partial charge in [0.05, 0.1) is 16.1 Å². The van der Waals surface area contributed by atoms with Crippen molar-refractivity contribution in [3.05, 3.63) is 46.4 Å². The van der Waals surface area contributed by atoms with Crippen LogP contribution < -0.4 is 0 Å². The molecule has 5 heteroatoms. The van der Waals surface area contributed by atoms with Crippen molar-refractivity contribution in [3.63, 3.8) is 0 Å². The van der Waals surface area contributed by atoms with Crippen molar-refractivity contribution in [2.75, 3.05) is 0 Å². The van der Waals surface area contributed by atoms with Crippen molar-refractivity contribution < 1.29 is 5.11 Å². The van der Waals surface area contributed by atoms with Gasteiger partial charge in [0.1, 0.15) is 11.6 Å². The van der Waals surface area contributed by atoms with E-state index in [1.54, 1.807) is 18.2 Å². The molecule has 0 spiro atoms. The third-order valence-electron chi connectivity index (χ3n) is 3.05. The minimum atomic E-state index is 0.0622. The van der Waals surface area contributed by atoms with E-state index in [0.717, 1.165) is 22.4 Å². The second kappa shape index (κ2) is 4.44. The summed E-state index contributed by atoms with van der Waals surface area (Å²) >= 11 is 11.9. The molecule has 3 nitrogen and oxygen atoms in total. The van der Waals surface area contributed by atoms with E-state index in [0.29, 0.717) is 10.0 Å². The van der Waals surface area contributed by atoms with Gasteiger partial charge in [-0.05, 0) is 36.4 Å². The van der Waals surface area contributed by atoms with E-state index in [1.165, 1.54) is 0 Å². The Hall–Kier alpha value is -1.71. The van der Waals surface area contributed by atoms with Gasteiger partial charge in [-0.3, -0.25) is 0 Å². The molecular weight excluding hydrogens is 283 g/mol. The van der Waals surface area contributed by atoms with Crippen LogP contribution in [0.2, 0.25) is 10.0 Å². The molecule has 0 fully saturated rings. The van der Waals surface area contributed by atoms with Crippen LogP contribution in [-0.4, -0.2) is 14.7 Å². The fourth-order valence-electron chi connectivity index (χ4n) is 2.07. The van der Waals surface area contributed by atoms with Gasteiger partial charge in [-0.25, -0.2) is 4.98 Å². The molecule has 0 saturated heterocycles. The second-order valence-corrected chi connectivity index (χ2v) is 5.14. The zero-order valence-electron chi connectivity index (χ0n) is 10.1. The first kappa shape index (κ1) is 12.3. The SMILES string of the molecule is Cn1c(-c2ccc(O)c(Cl)c2)nc2ccc(Cl)cc21. The van der Waals surface area contributed by atoms with Crippen LogP contribution in [0.5, 0.6) is 5.75 Å². The number of hydrogen-bond donors (Lipinski definition) is 1. The van der Waals surface area contributed by atoms with E-state index in [9.17, 15) is 5.11 Å². The number of hydrogen-bond acceptors (Lipinski definition) is 2. The lowest BCUT2D eigenvalue weighted by Gasteiger charge is -2.04. The highest BCUT2D eigenvalue weighted by Gasteiger charge is 2.11. The molecule has 1 heterocycles. The lowest BCUT2D eigenvalue weighted by Crippen LogP contribution is -1.92. The maximum Gasteiger partial charge on any atom is 0.140 e. The molecule has 2 aromatic carbocycles. The lowest BCUT2D eigenvalue weighted by atomic mass is 10.2. The molecule has 1 N–H and O–H groups in total. The number of nitrogens with zero attached hydrogens (tertiary/aromatic N) is 2. The quantitative estimate of drug-likeness (QED) is 0.728. The number of rotatable bonds is 1. The number of benzene rings is 2. The summed E-state index contributed by atoms with van der Waals surface area (Å²) in [6, 6.07) is 10.6. The largest absolute Gasteiger partial charge is 0.506 e. The van der Waals surface area contributed by atoms with Crippen LogP contribution in [0.3, 0.4) is 0 Å². The van der Waals surface area contributed by atoms with Crippen molar-refractivity contribution >= 4 is 34.2 Å². The predicted molar refractivity (Wildman–Crippen MR) is 77.8 cm³/mol. The zero-order chi connectivity index (χ0) is 13.6. The maximum atomic E-state index is 9.46.